The summed E-state index contributed by atoms with van der Waals surface area (Å²) in [6, 6.07) is -0.539. The molecule has 0 saturated carbocycles. The highest BCUT2D eigenvalue weighted by Gasteiger charge is 2.27. The molecule has 2 N–H and O–H groups in total. The Bertz CT molecular complexity index is 494. The van der Waals surface area contributed by atoms with Gasteiger partial charge in [-0.15, -0.1) is 0 Å². The largest absolute Gasteiger partial charge is 0.469 e. The predicted octanol–water partition coefficient (Wildman–Crippen LogP) is 0.816. The summed E-state index contributed by atoms with van der Waals surface area (Å²) in [7, 11) is 1.30. The van der Waals surface area contributed by atoms with Gasteiger partial charge in [0.2, 0.25) is 11.2 Å². The van der Waals surface area contributed by atoms with Crippen LogP contribution < -0.4 is 10.6 Å². The lowest BCUT2D eigenvalue weighted by Crippen LogP contribution is -2.39. The predicted molar refractivity (Wildman–Crippen MR) is 64.3 cm³/mol. The van der Waals surface area contributed by atoms with E-state index in [0.717, 1.165) is 0 Å². The number of nitrogens with zero attached hydrogens (tertiary/aromatic N) is 2. The van der Waals surface area contributed by atoms with Crippen LogP contribution in [0.15, 0.2) is 6.20 Å². The van der Waals surface area contributed by atoms with E-state index in [1.54, 1.807) is 0 Å². The first-order valence-corrected chi connectivity index (χ1v) is 5.64. The van der Waals surface area contributed by atoms with Crippen molar-refractivity contribution in [3.8, 4) is 0 Å². The minimum atomic E-state index is -0.539. The number of nitrogens with one attached hydrogen (secondary N) is 2. The second-order valence-electron chi connectivity index (χ2n) is 3.70. The van der Waals surface area contributed by atoms with E-state index in [-0.39, 0.29) is 23.6 Å². The molecule has 2 heterocycles. The van der Waals surface area contributed by atoms with Gasteiger partial charge in [0.15, 0.2) is 5.82 Å². The van der Waals surface area contributed by atoms with Gasteiger partial charge in [-0.25, -0.2) is 4.98 Å². The molecule has 1 aliphatic heterocycles. The summed E-state index contributed by atoms with van der Waals surface area (Å²) in [5.41, 5.74) is 0.471. The minimum absolute atomic E-state index is 0.0871. The van der Waals surface area contributed by atoms with E-state index in [1.807, 2.05) is 0 Å². The van der Waals surface area contributed by atoms with E-state index in [0.29, 0.717) is 17.9 Å². The number of hydrogen-bond acceptors (Lipinski definition) is 6. The lowest BCUT2D eigenvalue weighted by Gasteiger charge is -2.25. The van der Waals surface area contributed by atoms with Crippen LogP contribution >= 0.6 is 11.6 Å². The summed E-state index contributed by atoms with van der Waals surface area (Å²) in [6.45, 7) is 0. The summed E-state index contributed by atoms with van der Waals surface area (Å²) in [6.07, 6.45) is 1.89. The molecule has 0 aliphatic carbocycles. The van der Waals surface area contributed by atoms with Crippen LogP contribution in [0.4, 0.5) is 11.5 Å². The second kappa shape index (κ2) is 5.18. The van der Waals surface area contributed by atoms with Gasteiger partial charge in [0.25, 0.3) is 0 Å². The number of amides is 1. The van der Waals surface area contributed by atoms with Gasteiger partial charge in [0.1, 0.15) is 11.7 Å². The fraction of sp³-hybridized carbons (Fsp3) is 0.400. The summed E-state index contributed by atoms with van der Waals surface area (Å²) < 4.78 is 4.52. The van der Waals surface area contributed by atoms with Gasteiger partial charge >= 0.3 is 5.97 Å². The lowest BCUT2D eigenvalue weighted by molar-refractivity contribution is -0.140. The number of aromatic nitrogens is 2. The van der Waals surface area contributed by atoms with Crippen molar-refractivity contribution in [2.75, 3.05) is 17.7 Å². The van der Waals surface area contributed by atoms with Crippen LogP contribution in [0, 0.1) is 0 Å². The van der Waals surface area contributed by atoms with E-state index in [9.17, 15) is 9.59 Å². The zero-order valence-electron chi connectivity index (χ0n) is 9.57. The van der Waals surface area contributed by atoms with Crippen molar-refractivity contribution in [3.63, 3.8) is 0 Å². The van der Waals surface area contributed by atoms with Gasteiger partial charge in [-0.1, -0.05) is 0 Å². The number of methoxy groups -OCH3 is 1. The van der Waals surface area contributed by atoms with Crippen LogP contribution in [0.3, 0.4) is 0 Å². The molecule has 18 heavy (non-hydrogen) atoms. The molecular weight excluding hydrogens is 260 g/mol. The number of esters is 1. The number of rotatable bonds is 3. The summed E-state index contributed by atoms with van der Waals surface area (Å²) in [5.74, 6) is -0.155. The monoisotopic (exact) mass is 270 g/mol. The fourth-order valence-corrected chi connectivity index (χ4v) is 1.71. The fourth-order valence-electron chi connectivity index (χ4n) is 1.58. The standard InChI is InChI=1S/C10H11ClN4O3/c1-18-7(16)3-2-5-9(17)14-6-4-12-10(11)15-8(6)13-5/h4-5H,2-3H2,1H3,(H,14,17)(H,12,13,15). The number of fused-ring (bicyclic) bond motifs is 1. The van der Waals surface area contributed by atoms with Gasteiger partial charge < -0.3 is 15.4 Å². The first-order valence-electron chi connectivity index (χ1n) is 5.27. The van der Waals surface area contributed by atoms with Crippen molar-refractivity contribution < 1.29 is 14.3 Å². The van der Waals surface area contributed by atoms with Crippen LogP contribution in [0.2, 0.25) is 5.28 Å². The van der Waals surface area contributed by atoms with E-state index in [2.05, 4.69) is 25.3 Å². The zero-order chi connectivity index (χ0) is 13.1. The Kier molecular flexibility index (Phi) is 3.61. The third kappa shape index (κ3) is 2.67. The molecule has 1 aliphatic rings. The highest BCUT2D eigenvalue weighted by Crippen LogP contribution is 2.25. The topological polar surface area (TPSA) is 93.2 Å². The van der Waals surface area contributed by atoms with E-state index in [4.69, 9.17) is 11.6 Å². The molecule has 1 aromatic heterocycles. The number of carbonyl (C=O) groups is 2. The first kappa shape index (κ1) is 12.6. The highest BCUT2D eigenvalue weighted by atomic mass is 35.5. The lowest BCUT2D eigenvalue weighted by atomic mass is 10.1. The third-order valence-electron chi connectivity index (χ3n) is 2.51. The normalized spacial score (nSPS) is 17.4. The number of carbonyl (C=O) groups excluding carboxylic acids is 2. The Morgan fingerprint density at radius 3 is 3.11 bits per heavy atom. The Labute approximate surface area is 108 Å². The van der Waals surface area contributed by atoms with Crippen molar-refractivity contribution in [2.24, 2.45) is 0 Å². The Morgan fingerprint density at radius 2 is 2.39 bits per heavy atom. The Morgan fingerprint density at radius 1 is 1.61 bits per heavy atom. The van der Waals surface area contributed by atoms with E-state index in [1.165, 1.54) is 13.3 Å². The summed E-state index contributed by atoms with van der Waals surface area (Å²) in [4.78, 5) is 30.5. The molecule has 0 radical (unpaired) electrons. The molecule has 2 rings (SSSR count). The van der Waals surface area contributed by atoms with E-state index < -0.39 is 6.04 Å². The molecule has 1 atom stereocenters. The molecule has 96 valence electrons. The molecule has 0 fully saturated rings. The van der Waals surface area contributed by atoms with E-state index >= 15 is 0 Å². The number of halogens is 1. The molecule has 1 unspecified atom stereocenters. The highest BCUT2D eigenvalue weighted by molar-refractivity contribution is 6.28. The molecule has 1 amide bonds. The number of ether oxygens (including phenoxy) is 1. The van der Waals surface area contributed by atoms with Gasteiger partial charge in [0.05, 0.1) is 13.3 Å². The molecule has 0 bridgehead atoms. The van der Waals surface area contributed by atoms with Crippen LogP contribution in [0.1, 0.15) is 12.8 Å². The van der Waals surface area contributed by atoms with Crippen LogP contribution in [-0.2, 0) is 14.3 Å². The first-order chi connectivity index (χ1) is 8.60. The Balaban J connectivity index is 2.07. The summed E-state index contributed by atoms with van der Waals surface area (Å²) >= 11 is 5.66. The molecule has 0 spiro atoms. The van der Waals surface area contributed by atoms with Crippen molar-refractivity contribution in [3.05, 3.63) is 11.5 Å². The number of anilines is 2. The van der Waals surface area contributed by atoms with Crippen LogP contribution in [-0.4, -0.2) is 35.0 Å². The summed E-state index contributed by atoms with van der Waals surface area (Å²) in [5, 5.41) is 5.64. The molecule has 7 nitrogen and oxygen atoms in total. The van der Waals surface area contributed by atoms with Gasteiger partial charge in [-0.2, -0.15) is 4.98 Å². The molecular formula is C10H11ClN4O3. The zero-order valence-corrected chi connectivity index (χ0v) is 10.3. The molecule has 0 aromatic carbocycles. The van der Waals surface area contributed by atoms with Gasteiger partial charge in [0, 0.05) is 6.42 Å². The van der Waals surface area contributed by atoms with Crippen molar-refractivity contribution >= 4 is 35.0 Å². The molecule has 0 saturated heterocycles. The Hall–Kier alpha value is -1.89. The minimum Gasteiger partial charge on any atom is -0.469 e. The van der Waals surface area contributed by atoms with Gasteiger partial charge in [-0.05, 0) is 18.0 Å². The van der Waals surface area contributed by atoms with Crippen molar-refractivity contribution in [1.29, 1.82) is 0 Å². The smallest absolute Gasteiger partial charge is 0.305 e. The quantitative estimate of drug-likeness (QED) is 0.624. The average Bonchev–Trinajstić information content (AvgIpc) is 2.36. The van der Waals surface area contributed by atoms with Gasteiger partial charge in [-0.3, -0.25) is 9.59 Å². The maximum Gasteiger partial charge on any atom is 0.305 e. The maximum absolute atomic E-state index is 11.7. The molecule has 8 heteroatoms. The average molecular weight is 271 g/mol. The third-order valence-corrected chi connectivity index (χ3v) is 2.69. The second-order valence-corrected chi connectivity index (χ2v) is 4.04. The SMILES string of the molecule is COC(=O)CCC1Nc2nc(Cl)ncc2NC1=O. The maximum atomic E-state index is 11.7. The molecule has 1 aromatic rings. The van der Waals surface area contributed by atoms with Crippen molar-refractivity contribution in [1.82, 2.24) is 9.97 Å². The number of hydrogen-bond donors (Lipinski definition) is 2. The van der Waals surface area contributed by atoms with Crippen LogP contribution in [0.25, 0.3) is 0 Å². The van der Waals surface area contributed by atoms with Crippen molar-refractivity contribution in [2.45, 2.75) is 18.9 Å². The van der Waals surface area contributed by atoms with Crippen LogP contribution in [0.5, 0.6) is 0 Å².